The molecule has 0 aliphatic rings. The molecule has 1 aromatic rings. The number of hydrogen-bond donors (Lipinski definition) is 1. The third kappa shape index (κ3) is 2.49. The number of carbonyl (C=O) groups is 1. The van der Waals surface area contributed by atoms with Gasteiger partial charge in [-0.25, -0.2) is 9.78 Å². The SMILES string of the molecule is COc1c(C)cnc(N(C)[C@@H](C)C(=O)O)c1C. The van der Waals surface area contributed by atoms with Crippen LogP contribution in [0.5, 0.6) is 5.75 Å². The molecule has 5 heteroatoms. The van der Waals surface area contributed by atoms with Crippen LogP contribution in [0.2, 0.25) is 0 Å². The molecule has 0 bridgehead atoms. The lowest BCUT2D eigenvalue weighted by Gasteiger charge is -2.25. The van der Waals surface area contributed by atoms with Crippen molar-refractivity contribution in [3.05, 3.63) is 17.3 Å². The topological polar surface area (TPSA) is 62.7 Å². The third-order valence-corrected chi connectivity index (χ3v) is 2.89. The maximum Gasteiger partial charge on any atom is 0.326 e. The Morgan fingerprint density at radius 1 is 1.53 bits per heavy atom. The summed E-state index contributed by atoms with van der Waals surface area (Å²) in [6.07, 6.45) is 1.69. The fourth-order valence-corrected chi connectivity index (χ4v) is 1.73. The molecular formula is C12H18N2O3. The molecule has 1 rings (SSSR count). The summed E-state index contributed by atoms with van der Waals surface area (Å²) in [6.45, 7) is 5.40. The van der Waals surface area contributed by atoms with E-state index in [2.05, 4.69) is 4.98 Å². The lowest BCUT2D eigenvalue weighted by molar-refractivity contribution is -0.138. The van der Waals surface area contributed by atoms with Crippen molar-refractivity contribution >= 4 is 11.8 Å². The first kappa shape index (κ1) is 13.3. The monoisotopic (exact) mass is 238 g/mol. The Kier molecular flexibility index (Phi) is 3.93. The van der Waals surface area contributed by atoms with Gasteiger partial charge in [-0.3, -0.25) is 0 Å². The number of ether oxygens (including phenoxy) is 1. The first-order chi connectivity index (χ1) is 7.90. The standard InChI is InChI=1S/C12H18N2O3/c1-7-6-13-11(8(2)10(7)17-5)14(4)9(3)12(15)16/h6,9H,1-5H3,(H,15,16)/t9-/m0/s1. The third-order valence-electron chi connectivity index (χ3n) is 2.89. The molecule has 1 aromatic heterocycles. The number of pyridine rings is 1. The summed E-state index contributed by atoms with van der Waals surface area (Å²) in [7, 11) is 3.31. The minimum Gasteiger partial charge on any atom is -0.496 e. The Balaban J connectivity index is 3.19. The summed E-state index contributed by atoms with van der Waals surface area (Å²) in [5.74, 6) is 0.495. The summed E-state index contributed by atoms with van der Waals surface area (Å²) in [6, 6.07) is -0.631. The first-order valence-electron chi connectivity index (χ1n) is 5.36. The molecule has 1 atom stereocenters. The zero-order valence-electron chi connectivity index (χ0n) is 10.8. The number of hydrogen-bond acceptors (Lipinski definition) is 4. The number of aliphatic carboxylic acids is 1. The van der Waals surface area contributed by atoms with Gasteiger partial charge in [0.05, 0.1) is 7.11 Å². The van der Waals surface area contributed by atoms with Crippen molar-refractivity contribution in [2.24, 2.45) is 0 Å². The maximum atomic E-state index is 10.9. The molecule has 0 amide bonds. The molecule has 0 unspecified atom stereocenters. The van der Waals surface area contributed by atoms with E-state index in [1.54, 1.807) is 32.2 Å². The van der Waals surface area contributed by atoms with Crippen LogP contribution in [0.3, 0.4) is 0 Å². The number of methoxy groups -OCH3 is 1. The van der Waals surface area contributed by atoms with Gasteiger partial charge in [-0.1, -0.05) is 0 Å². The molecule has 17 heavy (non-hydrogen) atoms. The summed E-state index contributed by atoms with van der Waals surface area (Å²) in [5.41, 5.74) is 1.79. The Morgan fingerprint density at radius 3 is 2.59 bits per heavy atom. The van der Waals surface area contributed by atoms with Crippen LogP contribution >= 0.6 is 0 Å². The van der Waals surface area contributed by atoms with Gasteiger partial charge in [0.25, 0.3) is 0 Å². The van der Waals surface area contributed by atoms with Gasteiger partial charge in [-0.05, 0) is 20.8 Å². The zero-order valence-corrected chi connectivity index (χ0v) is 10.8. The van der Waals surface area contributed by atoms with Gasteiger partial charge >= 0.3 is 5.97 Å². The average molecular weight is 238 g/mol. The normalized spacial score (nSPS) is 12.1. The number of nitrogens with zero attached hydrogens (tertiary/aromatic N) is 2. The van der Waals surface area contributed by atoms with Gasteiger partial charge in [-0.15, -0.1) is 0 Å². The summed E-state index contributed by atoms with van der Waals surface area (Å²) in [5, 5.41) is 8.99. The highest BCUT2D eigenvalue weighted by molar-refractivity contribution is 5.77. The van der Waals surface area contributed by atoms with E-state index in [9.17, 15) is 4.79 Å². The van der Waals surface area contributed by atoms with Crippen molar-refractivity contribution in [1.82, 2.24) is 4.98 Å². The smallest absolute Gasteiger partial charge is 0.326 e. The Morgan fingerprint density at radius 2 is 2.12 bits per heavy atom. The second-order valence-corrected chi connectivity index (χ2v) is 4.05. The minimum atomic E-state index is -0.881. The summed E-state index contributed by atoms with van der Waals surface area (Å²) >= 11 is 0. The Labute approximate surface area is 101 Å². The van der Waals surface area contributed by atoms with E-state index in [1.807, 2.05) is 13.8 Å². The Bertz CT molecular complexity index is 432. The number of aromatic nitrogens is 1. The van der Waals surface area contributed by atoms with Gasteiger partial charge in [-0.2, -0.15) is 0 Å². The van der Waals surface area contributed by atoms with Crippen molar-refractivity contribution < 1.29 is 14.6 Å². The molecule has 0 fully saturated rings. The number of likely N-dealkylation sites (N-methyl/N-ethyl adjacent to an activating group) is 1. The largest absolute Gasteiger partial charge is 0.496 e. The number of carboxylic acids is 1. The van der Waals surface area contributed by atoms with E-state index in [-0.39, 0.29) is 0 Å². The molecule has 0 saturated heterocycles. The van der Waals surface area contributed by atoms with E-state index in [0.717, 1.165) is 16.9 Å². The molecule has 0 saturated carbocycles. The molecule has 94 valence electrons. The lowest BCUT2D eigenvalue weighted by atomic mass is 10.1. The predicted octanol–water partition coefficient (Wildman–Crippen LogP) is 1.62. The van der Waals surface area contributed by atoms with Crippen LogP contribution in [0.1, 0.15) is 18.1 Å². The molecule has 0 aromatic carbocycles. The molecule has 0 aliphatic heterocycles. The number of anilines is 1. The lowest BCUT2D eigenvalue weighted by Crippen LogP contribution is -2.36. The van der Waals surface area contributed by atoms with Crippen molar-refractivity contribution in [2.45, 2.75) is 26.8 Å². The quantitative estimate of drug-likeness (QED) is 0.863. The van der Waals surface area contributed by atoms with Crippen LogP contribution in [0.4, 0.5) is 5.82 Å². The highest BCUT2D eigenvalue weighted by atomic mass is 16.5. The molecular weight excluding hydrogens is 220 g/mol. The predicted molar refractivity (Wildman–Crippen MR) is 65.8 cm³/mol. The van der Waals surface area contributed by atoms with Crippen molar-refractivity contribution in [3.63, 3.8) is 0 Å². The van der Waals surface area contributed by atoms with E-state index >= 15 is 0 Å². The van der Waals surface area contributed by atoms with Gasteiger partial charge in [0, 0.05) is 24.4 Å². The van der Waals surface area contributed by atoms with E-state index in [4.69, 9.17) is 9.84 Å². The fourth-order valence-electron chi connectivity index (χ4n) is 1.73. The van der Waals surface area contributed by atoms with Crippen LogP contribution in [0.15, 0.2) is 6.20 Å². The van der Waals surface area contributed by atoms with Crippen molar-refractivity contribution in [3.8, 4) is 5.75 Å². The second-order valence-electron chi connectivity index (χ2n) is 4.05. The van der Waals surface area contributed by atoms with Crippen LogP contribution in [-0.2, 0) is 4.79 Å². The van der Waals surface area contributed by atoms with E-state index in [1.165, 1.54) is 0 Å². The molecule has 0 aliphatic carbocycles. The van der Waals surface area contributed by atoms with Crippen molar-refractivity contribution in [1.29, 1.82) is 0 Å². The van der Waals surface area contributed by atoms with Gasteiger partial charge in [0.15, 0.2) is 0 Å². The van der Waals surface area contributed by atoms with E-state index < -0.39 is 12.0 Å². The van der Waals surface area contributed by atoms with Crippen LogP contribution < -0.4 is 9.64 Å². The van der Waals surface area contributed by atoms with Crippen LogP contribution in [0, 0.1) is 13.8 Å². The van der Waals surface area contributed by atoms with Crippen LogP contribution in [-0.4, -0.2) is 36.3 Å². The first-order valence-corrected chi connectivity index (χ1v) is 5.36. The van der Waals surface area contributed by atoms with Gasteiger partial charge in [0.2, 0.25) is 0 Å². The number of carboxylic acid groups (broad SMARTS) is 1. The Hall–Kier alpha value is -1.78. The molecule has 1 N–H and O–H groups in total. The number of aryl methyl sites for hydroxylation is 1. The molecule has 0 radical (unpaired) electrons. The highest BCUT2D eigenvalue weighted by Gasteiger charge is 2.21. The highest BCUT2D eigenvalue weighted by Crippen LogP contribution is 2.29. The zero-order chi connectivity index (χ0) is 13.2. The fraction of sp³-hybridized carbons (Fsp3) is 0.500. The number of rotatable bonds is 4. The molecule has 1 heterocycles. The van der Waals surface area contributed by atoms with Gasteiger partial charge < -0.3 is 14.7 Å². The average Bonchev–Trinajstić information content (AvgIpc) is 2.28. The minimum absolute atomic E-state index is 0.627. The molecule has 5 nitrogen and oxygen atoms in total. The van der Waals surface area contributed by atoms with Gasteiger partial charge in [0.1, 0.15) is 17.6 Å². The molecule has 0 spiro atoms. The van der Waals surface area contributed by atoms with Crippen LogP contribution in [0.25, 0.3) is 0 Å². The van der Waals surface area contributed by atoms with Crippen molar-refractivity contribution in [2.75, 3.05) is 19.1 Å². The summed E-state index contributed by atoms with van der Waals surface area (Å²) in [4.78, 5) is 16.8. The van der Waals surface area contributed by atoms with E-state index in [0.29, 0.717) is 5.82 Å². The maximum absolute atomic E-state index is 10.9. The summed E-state index contributed by atoms with van der Waals surface area (Å²) < 4.78 is 5.29. The second kappa shape index (κ2) is 5.03.